The molecule has 0 bridgehead atoms. The maximum atomic E-state index is 13.7. The second-order valence-electron chi connectivity index (χ2n) is 4.63. The van der Waals surface area contributed by atoms with Gasteiger partial charge in [-0.25, -0.2) is 4.39 Å². The summed E-state index contributed by atoms with van der Waals surface area (Å²) in [6.45, 7) is 7.83. The van der Waals surface area contributed by atoms with E-state index in [1.54, 1.807) is 6.07 Å². The van der Waals surface area contributed by atoms with Crippen LogP contribution in [0.3, 0.4) is 0 Å². The topological polar surface area (TPSA) is 30.3 Å². The van der Waals surface area contributed by atoms with E-state index >= 15 is 0 Å². The standard InChI is InChI=1S/C14H18FN3/c1-2-17-5-7-18(8-6-17)11-13-9-12(10-16)3-4-14(13)15/h3-4,9H,2,5-8,11H2,1H3. The Morgan fingerprint density at radius 3 is 2.50 bits per heavy atom. The Morgan fingerprint density at radius 1 is 1.22 bits per heavy atom. The molecule has 4 heteroatoms. The predicted octanol–water partition coefficient (Wildman–Crippen LogP) is 1.83. The van der Waals surface area contributed by atoms with Crippen LogP contribution in [-0.2, 0) is 6.54 Å². The summed E-state index contributed by atoms with van der Waals surface area (Å²) in [5.74, 6) is -0.216. The first-order chi connectivity index (χ1) is 8.72. The van der Waals surface area contributed by atoms with Gasteiger partial charge in [0.05, 0.1) is 11.6 Å². The highest BCUT2D eigenvalue weighted by Gasteiger charge is 2.16. The largest absolute Gasteiger partial charge is 0.301 e. The molecule has 1 aliphatic rings. The summed E-state index contributed by atoms with van der Waals surface area (Å²) in [6.07, 6.45) is 0. The van der Waals surface area contributed by atoms with Gasteiger partial charge >= 0.3 is 0 Å². The van der Waals surface area contributed by atoms with Gasteiger partial charge in [-0.05, 0) is 24.7 Å². The monoisotopic (exact) mass is 247 g/mol. The second kappa shape index (κ2) is 5.94. The molecule has 1 saturated heterocycles. The summed E-state index contributed by atoms with van der Waals surface area (Å²) in [6, 6.07) is 6.62. The molecular formula is C14H18FN3. The third-order valence-electron chi connectivity index (χ3n) is 3.48. The second-order valence-corrected chi connectivity index (χ2v) is 4.63. The molecule has 0 aromatic heterocycles. The lowest BCUT2D eigenvalue weighted by atomic mass is 10.1. The quantitative estimate of drug-likeness (QED) is 0.816. The van der Waals surface area contributed by atoms with Crippen LogP contribution in [-0.4, -0.2) is 42.5 Å². The van der Waals surface area contributed by atoms with Crippen LogP contribution in [0.4, 0.5) is 4.39 Å². The molecule has 96 valence electrons. The van der Waals surface area contributed by atoms with Gasteiger partial charge in [0.2, 0.25) is 0 Å². The molecule has 0 amide bonds. The summed E-state index contributed by atoms with van der Waals surface area (Å²) in [7, 11) is 0. The highest BCUT2D eigenvalue weighted by molar-refractivity contribution is 5.33. The van der Waals surface area contributed by atoms with Crippen molar-refractivity contribution in [2.24, 2.45) is 0 Å². The fourth-order valence-electron chi connectivity index (χ4n) is 2.27. The Balaban J connectivity index is 2.00. The molecule has 1 aliphatic heterocycles. The number of hydrogen-bond acceptors (Lipinski definition) is 3. The molecular weight excluding hydrogens is 229 g/mol. The highest BCUT2D eigenvalue weighted by atomic mass is 19.1. The van der Waals surface area contributed by atoms with Gasteiger partial charge in [0.25, 0.3) is 0 Å². The average molecular weight is 247 g/mol. The van der Waals surface area contributed by atoms with Gasteiger partial charge in [-0.15, -0.1) is 0 Å². The van der Waals surface area contributed by atoms with Crippen molar-refractivity contribution in [3.8, 4) is 6.07 Å². The van der Waals surface area contributed by atoms with E-state index in [9.17, 15) is 4.39 Å². The van der Waals surface area contributed by atoms with Crippen LogP contribution in [0, 0.1) is 17.1 Å². The van der Waals surface area contributed by atoms with Crippen molar-refractivity contribution in [2.75, 3.05) is 32.7 Å². The van der Waals surface area contributed by atoms with E-state index in [-0.39, 0.29) is 5.82 Å². The molecule has 0 atom stereocenters. The van der Waals surface area contributed by atoms with Gasteiger partial charge in [-0.1, -0.05) is 6.92 Å². The third-order valence-corrected chi connectivity index (χ3v) is 3.48. The Hall–Kier alpha value is -1.44. The lowest BCUT2D eigenvalue weighted by Crippen LogP contribution is -2.45. The zero-order valence-electron chi connectivity index (χ0n) is 10.7. The fraction of sp³-hybridized carbons (Fsp3) is 0.500. The molecule has 1 fully saturated rings. The molecule has 1 aromatic rings. The maximum absolute atomic E-state index is 13.7. The van der Waals surface area contributed by atoms with Crippen molar-refractivity contribution in [2.45, 2.75) is 13.5 Å². The summed E-state index contributed by atoms with van der Waals surface area (Å²) < 4.78 is 13.7. The van der Waals surface area contributed by atoms with Crippen LogP contribution >= 0.6 is 0 Å². The van der Waals surface area contributed by atoms with Crippen LogP contribution in [0.1, 0.15) is 18.1 Å². The molecule has 0 aliphatic carbocycles. The molecule has 0 spiro atoms. The van der Waals surface area contributed by atoms with E-state index in [1.807, 2.05) is 0 Å². The summed E-state index contributed by atoms with van der Waals surface area (Å²) in [4.78, 5) is 4.63. The van der Waals surface area contributed by atoms with E-state index in [0.29, 0.717) is 17.7 Å². The average Bonchev–Trinajstić information content (AvgIpc) is 2.42. The molecule has 2 rings (SSSR count). The van der Waals surface area contributed by atoms with Crippen molar-refractivity contribution >= 4 is 0 Å². The predicted molar refractivity (Wildman–Crippen MR) is 68.5 cm³/mol. The number of likely N-dealkylation sites (N-methyl/N-ethyl adjacent to an activating group) is 1. The molecule has 0 saturated carbocycles. The number of rotatable bonds is 3. The van der Waals surface area contributed by atoms with Gasteiger partial charge in [0.15, 0.2) is 0 Å². The Bertz CT molecular complexity index is 445. The van der Waals surface area contributed by atoms with Gasteiger partial charge in [-0.2, -0.15) is 5.26 Å². The van der Waals surface area contributed by atoms with E-state index < -0.39 is 0 Å². The molecule has 0 radical (unpaired) electrons. The van der Waals surface area contributed by atoms with Gasteiger partial charge in [0.1, 0.15) is 5.82 Å². The molecule has 1 heterocycles. The number of hydrogen-bond donors (Lipinski definition) is 0. The summed E-state index contributed by atoms with van der Waals surface area (Å²) in [5.41, 5.74) is 1.15. The Kier molecular flexibility index (Phi) is 4.29. The highest BCUT2D eigenvalue weighted by Crippen LogP contribution is 2.14. The number of benzene rings is 1. The van der Waals surface area contributed by atoms with Crippen molar-refractivity contribution in [1.29, 1.82) is 5.26 Å². The number of nitrogens with zero attached hydrogens (tertiary/aromatic N) is 3. The van der Waals surface area contributed by atoms with Crippen LogP contribution < -0.4 is 0 Å². The molecule has 3 nitrogen and oxygen atoms in total. The first-order valence-electron chi connectivity index (χ1n) is 6.36. The Morgan fingerprint density at radius 2 is 1.89 bits per heavy atom. The lowest BCUT2D eigenvalue weighted by molar-refractivity contribution is 0.131. The van der Waals surface area contributed by atoms with Crippen LogP contribution in [0.25, 0.3) is 0 Å². The first-order valence-corrected chi connectivity index (χ1v) is 6.36. The third kappa shape index (κ3) is 3.06. The molecule has 0 N–H and O–H groups in total. The first kappa shape index (κ1) is 13.0. The maximum Gasteiger partial charge on any atom is 0.127 e. The van der Waals surface area contributed by atoms with E-state index in [0.717, 1.165) is 32.7 Å². The SMILES string of the molecule is CCN1CCN(Cc2cc(C#N)ccc2F)CC1. The minimum absolute atomic E-state index is 0.216. The zero-order valence-corrected chi connectivity index (χ0v) is 10.7. The van der Waals surface area contributed by atoms with Crippen molar-refractivity contribution < 1.29 is 4.39 Å². The number of halogens is 1. The van der Waals surface area contributed by atoms with Crippen LogP contribution in [0.5, 0.6) is 0 Å². The smallest absolute Gasteiger partial charge is 0.127 e. The molecule has 18 heavy (non-hydrogen) atoms. The van der Waals surface area contributed by atoms with E-state index in [2.05, 4.69) is 22.8 Å². The minimum atomic E-state index is -0.216. The van der Waals surface area contributed by atoms with E-state index in [1.165, 1.54) is 12.1 Å². The summed E-state index contributed by atoms with van der Waals surface area (Å²) in [5, 5.41) is 8.83. The lowest BCUT2D eigenvalue weighted by Gasteiger charge is -2.34. The number of nitriles is 1. The van der Waals surface area contributed by atoms with Crippen molar-refractivity contribution in [1.82, 2.24) is 9.80 Å². The molecule has 0 unspecified atom stereocenters. The zero-order chi connectivity index (χ0) is 13.0. The van der Waals surface area contributed by atoms with Crippen LogP contribution in [0.15, 0.2) is 18.2 Å². The summed E-state index contributed by atoms with van der Waals surface area (Å²) >= 11 is 0. The van der Waals surface area contributed by atoms with Crippen molar-refractivity contribution in [3.05, 3.63) is 35.1 Å². The van der Waals surface area contributed by atoms with Crippen LogP contribution in [0.2, 0.25) is 0 Å². The van der Waals surface area contributed by atoms with E-state index in [4.69, 9.17) is 5.26 Å². The number of piperazine rings is 1. The van der Waals surface area contributed by atoms with Crippen molar-refractivity contribution in [3.63, 3.8) is 0 Å². The Labute approximate surface area is 107 Å². The molecule has 1 aromatic carbocycles. The van der Waals surface area contributed by atoms with Gasteiger partial charge in [-0.3, -0.25) is 4.90 Å². The minimum Gasteiger partial charge on any atom is -0.301 e. The van der Waals surface area contributed by atoms with Gasteiger partial charge in [0, 0.05) is 38.3 Å². The normalized spacial score (nSPS) is 17.6. The van der Waals surface area contributed by atoms with Gasteiger partial charge < -0.3 is 4.90 Å². The fourth-order valence-corrected chi connectivity index (χ4v) is 2.27.